The molecule has 1 unspecified atom stereocenters. The van der Waals surface area contributed by atoms with Crippen molar-refractivity contribution in [2.45, 2.75) is 80.2 Å². The van der Waals surface area contributed by atoms with E-state index in [-0.39, 0.29) is 0 Å². The molecule has 0 aliphatic carbocycles. The Morgan fingerprint density at radius 3 is 1.70 bits per heavy atom. The highest BCUT2D eigenvalue weighted by Crippen LogP contribution is 2.32. The van der Waals surface area contributed by atoms with E-state index in [1.54, 1.807) is 5.56 Å². The Labute approximate surface area is 126 Å². The van der Waals surface area contributed by atoms with Gasteiger partial charge < -0.3 is 5.32 Å². The number of hydrogen-bond acceptors (Lipinski definition) is 1. The van der Waals surface area contributed by atoms with Gasteiger partial charge in [-0.05, 0) is 81.0 Å². The number of nitrogens with one attached hydrogen (secondary N) is 1. The lowest BCUT2D eigenvalue weighted by molar-refractivity contribution is 0.482. The summed E-state index contributed by atoms with van der Waals surface area (Å²) in [7, 11) is 0. The molecule has 1 aromatic rings. The smallest absolute Gasteiger partial charge is 0.0325 e. The lowest BCUT2D eigenvalue weighted by Gasteiger charge is -2.26. The van der Waals surface area contributed by atoms with Crippen LogP contribution in [-0.2, 0) is 0 Å². The Hall–Kier alpha value is -0.820. The third-order valence-electron chi connectivity index (χ3n) is 4.95. The van der Waals surface area contributed by atoms with E-state index in [0.717, 1.165) is 6.54 Å². The molecule has 1 rings (SSSR count). The quantitative estimate of drug-likeness (QED) is 0.652. The van der Waals surface area contributed by atoms with Gasteiger partial charge in [0.2, 0.25) is 0 Å². The van der Waals surface area contributed by atoms with Gasteiger partial charge in [0.25, 0.3) is 0 Å². The highest BCUT2D eigenvalue weighted by atomic mass is 14.9. The Morgan fingerprint density at radius 2 is 1.25 bits per heavy atom. The Morgan fingerprint density at radius 1 is 0.750 bits per heavy atom. The third kappa shape index (κ3) is 3.63. The minimum absolute atomic E-state index is 0.518. The van der Waals surface area contributed by atoms with Gasteiger partial charge in [-0.1, -0.05) is 33.1 Å². The summed E-state index contributed by atoms with van der Waals surface area (Å²) in [5.41, 5.74) is 8.96. The maximum Gasteiger partial charge on any atom is 0.0325 e. The van der Waals surface area contributed by atoms with Gasteiger partial charge in [0.1, 0.15) is 0 Å². The second kappa shape index (κ2) is 7.83. The van der Waals surface area contributed by atoms with Crippen molar-refractivity contribution < 1.29 is 0 Å². The van der Waals surface area contributed by atoms with E-state index in [9.17, 15) is 0 Å². The van der Waals surface area contributed by atoms with E-state index in [2.05, 4.69) is 53.8 Å². The molecule has 0 aliphatic heterocycles. The third-order valence-corrected chi connectivity index (χ3v) is 4.95. The second-order valence-corrected chi connectivity index (χ2v) is 6.14. The predicted octanol–water partition coefficient (Wildman–Crippen LogP) is 5.46. The normalized spacial score (nSPS) is 12.8. The van der Waals surface area contributed by atoms with Crippen LogP contribution in [0.25, 0.3) is 0 Å². The van der Waals surface area contributed by atoms with E-state index in [1.165, 1.54) is 53.5 Å². The molecule has 1 aromatic carbocycles. The van der Waals surface area contributed by atoms with Crippen molar-refractivity contribution in [3.63, 3.8) is 0 Å². The van der Waals surface area contributed by atoms with E-state index in [0.29, 0.717) is 6.04 Å². The monoisotopic (exact) mass is 275 g/mol. The first kappa shape index (κ1) is 17.2. The van der Waals surface area contributed by atoms with Crippen molar-refractivity contribution in [3.05, 3.63) is 33.4 Å². The molecule has 114 valence electrons. The Balaban J connectivity index is 3.18. The van der Waals surface area contributed by atoms with Crippen molar-refractivity contribution in [2.75, 3.05) is 6.54 Å². The highest BCUT2D eigenvalue weighted by Gasteiger charge is 2.19. The summed E-state index contributed by atoms with van der Waals surface area (Å²) in [6.45, 7) is 16.9. The summed E-state index contributed by atoms with van der Waals surface area (Å²) in [6.07, 6.45) is 5.21. The number of rotatable bonds is 7. The van der Waals surface area contributed by atoms with Gasteiger partial charge in [-0.2, -0.15) is 0 Å². The molecule has 0 aliphatic rings. The average Bonchev–Trinajstić information content (AvgIpc) is 2.43. The molecule has 0 heterocycles. The van der Waals surface area contributed by atoms with Crippen LogP contribution in [0.5, 0.6) is 0 Å². The van der Waals surface area contributed by atoms with E-state index < -0.39 is 0 Å². The molecule has 1 N–H and O–H groups in total. The number of hydrogen-bond donors (Lipinski definition) is 1. The Kier molecular flexibility index (Phi) is 6.75. The van der Waals surface area contributed by atoms with Crippen LogP contribution in [0.3, 0.4) is 0 Å². The number of unbranched alkanes of at least 4 members (excludes halogenated alkanes) is 2. The standard InChI is InChI=1S/C19H33N/c1-8-10-11-12-18(20-9-2)19-16(6)14(4)13(3)15(5)17(19)7/h18,20H,8-12H2,1-7H3. The molecule has 0 spiro atoms. The Bertz CT molecular complexity index is 417. The topological polar surface area (TPSA) is 12.0 Å². The van der Waals surface area contributed by atoms with Crippen molar-refractivity contribution in [2.24, 2.45) is 0 Å². The maximum absolute atomic E-state index is 3.71. The molecular formula is C19H33N. The zero-order chi connectivity index (χ0) is 15.3. The van der Waals surface area contributed by atoms with Gasteiger partial charge in [-0.25, -0.2) is 0 Å². The van der Waals surface area contributed by atoms with Crippen LogP contribution in [0.2, 0.25) is 0 Å². The highest BCUT2D eigenvalue weighted by molar-refractivity contribution is 5.50. The fourth-order valence-corrected chi connectivity index (χ4v) is 3.25. The molecular weight excluding hydrogens is 242 g/mol. The lowest BCUT2D eigenvalue weighted by atomic mass is 9.84. The molecule has 0 aromatic heterocycles. The SMILES string of the molecule is CCCCCC(NCC)c1c(C)c(C)c(C)c(C)c1C. The molecule has 1 atom stereocenters. The summed E-state index contributed by atoms with van der Waals surface area (Å²) in [6, 6.07) is 0.518. The first-order valence-electron chi connectivity index (χ1n) is 8.25. The van der Waals surface area contributed by atoms with Gasteiger partial charge in [-0.3, -0.25) is 0 Å². The average molecular weight is 275 g/mol. The van der Waals surface area contributed by atoms with E-state index in [4.69, 9.17) is 0 Å². The minimum atomic E-state index is 0.518. The van der Waals surface area contributed by atoms with Gasteiger partial charge in [0.15, 0.2) is 0 Å². The van der Waals surface area contributed by atoms with Gasteiger partial charge in [0, 0.05) is 6.04 Å². The molecule has 1 heteroatoms. The zero-order valence-corrected chi connectivity index (χ0v) is 14.6. The van der Waals surface area contributed by atoms with Gasteiger partial charge in [-0.15, -0.1) is 0 Å². The van der Waals surface area contributed by atoms with Crippen LogP contribution < -0.4 is 5.32 Å². The van der Waals surface area contributed by atoms with Crippen LogP contribution in [0.4, 0.5) is 0 Å². The molecule has 20 heavy (non-hydrogen) atoms. The number of benzene rings is 1. The van der Waals surface area contributed by atoms with Crippen LogP contribution in [0.15, 0.2) is 0 Å². The van der Waals surface area contributed by atoms with Gasteiger partial charge >= 0.3 is 0 Å². The molecule has 0 saturated carbocycles. The van der Waals surface area contributed by atoms with E-state index >= 15 is 0 Å². The summed E-state index contributed by atoms with van der Waals surface area (Å²) in [4.78, 5) is 0. The fourth-order valence-electron chi connectivity index (χ4n) is 3.25. The summed E-state index contributed by atoms with van der Waals surface area (Å²) in [5, 5.41) is 3.71. The van der Waals surface area contributed by atoms with Crippen LogP contribution in [-0.4, -0.2) is 6.54 Å². The minimum Gasteiger partial charge on any atom is -0.310 e. The van der Waals surface area contributed by atoms with Crippen molar-refractivity contribution >= 4 is 0 Å². The largest absolute Gasteiger partial charge is 0.310 e. The zero-order valence-electron chi connectivity index (χ0n) is 14.6. The molecule has 1 nitrogen and oxygen atoms in total. The van der Waals surface area contributed by atoms with Gasteiger partial charge in [0.05, 0.1) is 0 Å². The fraction of sp³-hybridized carbons (Fsp3) is 0.684. The molecule has 0 saturated heterocycles. The van der Waals surface area contributed by atoms with Crippen LogP contribution >= 0.6 is 0 Å². The molecule has 0 radical (unpaired) electrons. The lowest BCUT2D eigenvalue weighted by Crippen LogP contribution is -2.23. The second-order valence-electron chi connectivity index (χ2n) is 6.14. The van der Waals surface area contributed by atoms with Crippen molar-refractivity contribution in [3.8, 4) is 0 Å². The predicted molar refractivity (Wildman–Crippen MR) is 90.7 cm³/mol. The molecule has 0 amide bonds. The maximum atomic E-state index is 3.71. The van der Waals surface area contributed by atoms with Crippen molar-refractivity contribution in [1.82, 2.24) is 5.32 Å². The summed E-state index contributed by atoms with van der Waals surface area (Å²) in [5.74, 6) is 0. The van der Waals surface area contributed by atoms with Crippen LogP contribution in [0.1, 0.15) is 79.0 Å². The first-order chi connectivity index (χ1) is 9.45. The van der Waals surface area contributed by atoms with Crippen LogP contribution in [0, 0.1) is 34.6 Å². The first-order valence-corrected chi connectivity index (χ1v) is 8.25. The molecule has 0 bridgehead atoms. The summed E-state index contributed by atoms with van der Waals surface area (Å²) < 4.78 is 0. The molecule has 0 fully saturated rings. The van der Waals surface area contributed by atoms with E-state index in [1.807, 2.05) is 0 Å². The van der Waals surface area contributed by atoms with Crippen molar-refractivity contribution in [1.29, 1.82) is 0 Å². The summed E-state index contributed by atoms with van der Waals surface area (Å²) >= 11 is 0.